The highest BCUT2D eigenvalue weighted by atomic mass is 35.5. The van der Waals surface area contributed by atoms with E-state index in [4.69, 9.17) is 0 Å². The van der Waals surface area contributed by atoms with Gasteiger partial charge in [-0.1, -0.05) is 13.3 Å². The van der Waals surface area contributed by atoms with Crippen molar-refractivity contribution in [2.75, 3.05) is 20.2 Å². The second-order valence-electron chi connectivity index (χ2n) is 4.17. The molecule has 0 aliphatic carbocycles. The lowest BCUT2D eigenvalue weighted by molar-refractivity contribution is -0.144. The number of carbonyl (C=O) groups is 2. The predicted octanol–water partition coefficient (Wildman–Crippen LogP) is 0.476. The lowest BCUT2D eigenvalue weighted by atomic mass is 10.0. The molecule has 2 N–H and O–H groups in total. The average Bonchev–Trinajstić information content (AvgIpc) is 2.35. The second kappa shape index (κ2) is 8.31. The monoisotopic (exact) mass is 264 g/mol. The first kappa shape index (κ1) is 16.2. The largest absolute Gasteiger partial charge is 0.469 e. The first-order valence-electron chi connectivity index (χ1n) is 5.74. The number of carbonyl (C=O) groups excluding carboxylic acids is 2. The van der Waals surface area contributed by atoms with E-state index in [0.717, 1.165) is 25.8 Å². The van der Waals surface area contributed by atoms with Gasteiger partial charge in [0, 0.05) is 6.54 Å². The summed E-state index contributed by atoms with van der Waals surface area (Å²) in [5, 5.41) is 5.92. The van der Waals surface area contributed by atoms with E-state index in [9.17, 15) is 9.59 Å². The summed E-state index contributed by atoms with van der Waals surface area (Å²) in [5.41, 5.74) is 0. The van der Waals surface area contributed by atoms with Crippen LogP contribution in [-0.2, 0) is 14.3 Å². The topological polar surface area (TPSA) is 67.4 Å². The van der Waals surface area contributed by atoms with E-state index >= 15 is 0 Å². The third-order valence-corrected chi connectivity index (χ3v) is 2.81. The molecule has 0 saturated carbocycles. The van der Waals surface area contributed by atoms with Crippen LogP contribution in [0.3, 0.4) is 0 Å². The molecule has 0 bridgehead atoms. The molecule has 2 atom stereocenters. The molecular formula is C11H21ClN2O3. The Balaban J connectivity index is 0.00000256. The zero-order chi connectivity index (χ0) is 12.0. The third-order valence-electron chi connectivity index (χ3n) is 2.81. The average molecular weight is 265 g/mol. The van der Waals surface area contributed by atoms with Crippen LogP contribution in [0.2, 0.25) is 0 Å². The fraction of sp³-hybridized carbons (Fsp3) is 0.818. The predicted molar refractivity (Wildman–Crippen MR) is 67.1 cm³/mol. The van der Waals surface area contributed by atoms with Crippen molar-refractivity contribution in [1.29, 1.82) is 0 Å². The fourth-order valence-electron chi connectivity index (χ4n) is 1.74. The number of rotatable bonds is 4. The highest BCUT2D eigenvalue weighted by Gasteiger charge is 2.21. The zero-order valence-corrected chi connectivity index (χ0v) is 11.1. The van der Waals surface area contributed by atoms with Crippen LogP contribution in [0.25, 0.3) is 0 Å². The van der Waals surface area contributed by atoms with Crippen molar-refractivity contribution < 1.29 is 14.3 Å². The van der Waals surface area contributed by atoms with Crippen LogP contribution >= 0.6 is 12.4 Å². The van der Waals surface area contributed by atoms with E-state index in [1.165, 1.54) is 7.11 Å². The number of hydrogen-bond donors (Lipinski definition) is 2. The quantitative estimate of drug-likeness (QED) is 0.725. The van der Waals surface area contributed by atoms with Crippen molar-refractivity contribution >= 4 is 24.3 Å². The van der Waals surface area contributed by atoms with Gasteiger partial charge in [-0.3, -0.25) is 9.59 Å². The van der Waals surface area contributed by atoms with E-state index < -0.39 is 0 Å². The number of nitrogens with one attached hydrogen (secondary N) is 2. The maximum atomic E-state index is 11.7. The molecule has 6 heteroatoms. The molecule has 0 aromatic carbocycles. The molecule has 2 unspecified atom stereocenters. The number of amides is 1. The number of piperidine rings is 1. The summed E-state index contributed by atoms with van der Waals surface area (Å²) in [6.07, 6.45) is 3.08. The van der Waals surface area contributed by atoms with Crippen LogP contribution in [0.1, 0.15) is 26.2 Å². The molecule has 1 saturated heterocycles. The zero-order valence-electron chi connectivity index (χ0n) is 10.3. The van der Waals surface area contributed by atoms with Crippen molar-refractivity contribution in [2.45, 2.75) is 32.2 Å². The van der Waals surface area contributed by atoms with E-state index in [2.05, 4.69) is 15.4 Å². The van der Waals surface area contributed by atoms with Gasteiger partial charge in [0.05, 0.1) is 19.1 Å². The Morgan fingerprint density at radius 1 is 1.47 bits per heavy atom. The summed E-state index contributed by atoms with van der Waals surface area (Å²) in [6.45, 7) is 2.97. The summed E-state index contributed by atoms with van der Waals surface area (Å²) in [6, 6.07) is -0.0985. The molecule has 0 radical (unpaired) electrons. The SMILES string of the molecule is COC(=O)C(C)CNC(=O)C1CCCCN1.Cl. The van der Waals surface area contributed by atoms with Crippen molar-refractivity contribution in [1.82, 2.24) is 10.6 Å². The molecule has 17 heavy (non-hydrogen) atoms. The minimum absolute atomic E-state index is 0. The van der Waals surface area contributed by atoms with Gasteiger partial charge >= 0.3 is 5.97 Å². The van der Waals surface area contributed by atoms with Crippen LogP contribution in [0.5, 0.6) is 0 Å². The van der Waals surface area contributed by atoms with Gasteiger partial charge in [-0.2, -0.15) is 0 Å². The van der Waals surface area contributed by atoms with E-state index in [-0.39, 0.29) is 36.2 Å². The van der Waals surface area contributed by atoms with Crippen molar-refractivity contribution in [3.8, 4) is 0 Å². The van der Waals surface area contributed by atoms with E-state index in [1.807, 2.05) is 0 Å². The summed E-state index contributed by atoms with van der Waals surface area (Å²) in [4.78, 5) is 22.8. The Hall–Kier alpha value is -0.810. The number of esters is 1. The number of ether oxygens (including phenoxy) is 1. The van der Waals surface area contributed by atoms with Gasteiger partial charge in [0.2, 0.25) is 5.91 Å². The number of methoxy groups -OCH3 is 1. The van der Waals surface area contributed by atoms with Crippen LogP contribution in [0.15, 0.2) is 0 Å². The fourth-order valence-corrected chi connectivity index (χ4v) is 1.74. The first-order valence-corrected chi connectivity index (χ1v) is 5.74. The van der Waals surface area contributed by atoms with Gasteiger partial charge in [0.15, 0.2) is 0 Å². The first-order chi connectivity index (χ1) is 7.65. The smallest absolute Gasteiger partial charge is 0.310 e. The summed E-state index contributed by atoms with van der Waals surface area (Å²) >= 11 is 0. The molecule has 1 aliphatic heterocycles. The lowest BCUT2D eigenvalue weighted by Gasteiger charge is -2.23. The minimum Gasteiger partial charge on any atom is -0.469 e. The molecular weight excluding hydrogens is 244 g/mol. The summed E-state index contributed by atoms with van der Waals surface area (Å²) in [5.74, 6) is -0.607. The molecule has 1 heterocycles. The molecule has 0 aromatic heterocycles. The van der Waals surface area contributed by atoms with Crippen molar-refractivity contribution in [3.63, 3.8) is 0 Å². The van der Waals surface area contributed by atoms with Gasteiger partial charge in [-0.05, 0) is 19.4 Å². The molecule has 1 fully saturated rings. The van der Waals surface area contributed by atoms with Crippen molar-refractivity contribution in [3.05, 3.63) is 0 Å². The number of halogens is 1. The standard InChI is InChI=1S/C11H20N2O3.ClH/c1-8(11(15)16-2)7-13-10(14)9-5-3-4-6-12-9;/h8-9,12H,3-7H2,1-2H3,(H,13,14);1H. The van der Waals surface area contributed by atoms with Gasteiger partial charge < -0.3 is 15.4 Å². The summed E-state index contributed by atoms with van der Waals surface area (Å²) < 4.78 is 4.58. The third kappa shape index (κ3) is 5.37. The van der Waals surface area contributed by atoms with E-state index in [0.29, 0.717) is 6.54 Å². The van der Waals surface area contributed by atoms with Crippen LogP contribution in [0, 0.1) is 5.92 Å². The van der Waals surface area contributed by atoms with Gasteiger partial charge in [-0.25, -0.2) is 0 Å². The van der Waals surface area contributed by atoms with E-state index in [1.54, 1.807) is 6.92 Å². The molecule has 5 nitrogen and oxygen atoms in total. The molecule has 0 aromatic rings. The highest BCUT2D eigenvalue weighted by molar-refractivity contribution is 5.85. The Kier molecular flexibility index (Phi) is 7.91. The molecule has 1 aliphatic rings. The normalized spacial score (nSPS) is 20.9. The maximum absolute atomic E-state index is 11.7. The molecule has 1 amide bonds. The Morgan fingerprint density at radius 2 is 2.18 bits per heavy atom. The Bertz CT molecular complexity index is 255. The van der Waals surface area contributed by atoms with Gasteiger partial charge in [0.25, 0.3) is 0 Å². The van der Waals surface area contributed by atoms with Crippen LogP contribution in [-0.4, -0.2) is 38.1 Å². The summed E-state index contributed by atoms with van der Waals surface area (Å²) in [7, 11) is 1.35. The van der Waals surface area contributed by atoms with Crippen LogP contribution in [0.4, 0.5) is 0 Å². The maximum Gasteiger partial charge on any atom is 0.310 e. The minimum atomic E-state index is -0.295. The van der Waals surface area contributed by atoms with Gasteiger partial charge in [0.1, 0.15) is 0 Å². The highest BCUT2D eigenvalue weighted by Crippen LogP contribution is 2.07. The Labute approximate surface area is 108 Å². The van der Waals surface area contributed by atoms with Gasteiger partial charge in [-0.15, -0.1) is 12.4 Å². The molecule has 100 valence electrons. The Morgan fingerprint density at radius 3 is 2.71 bits per heavy atom. The molecule has 0 spiro atoms. The second-order valence-corrected chi connectivity index (χ2v) is 4.17. The number of hydrogen-bond acceptors (Lipinski definition) is 4. The lowest BCUT2D eigenvalue weighted by Crippen LogP contribution is -2.48. The molecule has 1 rings (SSSR count). The van der Waals surface area contributed by atoms with Crippen molar-refractivity contribution in [2.24, 2.45) is 5.92 Å². The van der Waals surface area contributed by atoms with Crippen LogP contribution < -0.4 is 10.6 Å².